The number of methoxy groups -OCH3 is 1. The summed E-state index contributed by atoms with van der Waals surface area (Å²) in [6.45, 7) is 3.52. The molecular formula is C27H32N4O4. The fraction of sp³-hybridized carbons (Fsp3) is 0.444. The minimum absolute atomic E-state index is 0.0318. The summed E-state index contributed by atoms with van der Waals surface area (Å²) >= 11 is 0. The molecule has 2 amide bonds. The van der Waals surface area contributed by atoms with Gasteiger partial charge in [-0.15, -0.1) is 0 Å². The Hall–Kier alpha value is -3.23. The molecule has 0 bridgehead atoms. The van der Waals surface area contributed by atoms with Crippen LogP contribution < -0.4 is 4.74 Å². The summed E-state index contributed by atoms with van der Waals surface area (Å²) in [6, 6.07) is 17.7. The van der Waals surface area contributed by atoms with Crippen LogP contribution >= 0.6 is 0 Å². The van der Waals surface area contributed by atoms with E-state index in [0.29, 0.717) is 39.2 Å². The highest BCUT2D eigenvalue weighted by Gasteiger charge is 2.35. The van der Waals surface area contributed by atoms with E-state index in [4.69, 9.17) is 14.6 Å². The third-order valence-electron chi connectivity index (χ3n) is 7.02. The van der Waals surface area contributed by atoms with Gasteiger partial charge in [-0.1, -0.05) is 42.5 Å². The first-order valence-electron chi connectivity index (χ1n) is 12.3. The van der Waals surface area contributed by atoms with E-state index in [2.05, 4.69) is 4.90 Å². The van der Waals surface area contributed by atoms with E-state index in [9.17, 15) is 9.59 Å². The summed E-state index contributed by atoms with van der Waals surface area (Å²) in [5.41, 5.74) is 2.97. The number of nitrogens with zero attached hydrogens (tertiary/aromatic N) is 4. The molecule has 0 spiro atoms. The van der Waals surface area contributed by atoms with Crippen molar-refractivity contribution in [3.63, 3.8) is 0 Å². The Labute approximate surface area is 206 Å². The van der Waals surface area contributed by atoms with Crippen molar-refractivity contribution in [2.75, 3.05) is 46.4 Å². The van der Waals surface area contributed by atoms with Gasteiger partial charge in [-0.25, -0.2) is 5.01 Å². The molecule has 8 nitrogen and oxygen atoms in total. The number of amides is 2. The lowest BCUT2D eigenvalue weighted by atomic mass is 9.98. The topological polar surface area (TPSA) is 74.7 Å². The van der Waals surface area contributed by atoms with Crippen molar-refractivity contribution in [1.29, 1.82) is 0 Å². The van der Waals surface area contributed by atoms with Gasteiger partial charge in [0.15, 0.2) is 0 Å². The lowest BCUT2D eigenvalue weighted by Gasteiger charge is -2.36. The van der Waals surface area contributed by atoms with E-state index in [1.54, 1.807) is 12.1 Å². The van der Waals surface area contributed by atoms with E-state index in [1.807, 2.05) is 59.5 Å². The van der Waals surface area contributed by atoms with Gasteiger partial charge in [-0.2, -0.15) is 5.10 Å². The molecule has 8 heteroatoms. The average molecular weight is 477 g/mol. The maximum atomic E-state index is 13.5. The van der Waals surface area contributed by atoms with Gasteiger partial charge in [0.25, 0.3) is 11.8 Å². The molecule has 2 fully saturated rings. The number of benzene rings is 2. The molecule has 0 aliphatic carbocycles. The Morgan fingerprint density at radius 3 is 2.43 bits per heavy atom. The minimum Gasteiger partial charge on any atom is -0.497 e. The van der Waals surface area contributed by atoms with Crippen LogP contribution in [0.25, 0.3) is 0 Å². The van der Waals surface area contributed by atoms with Crippen LogP contribution in [0.2, 0.25) is 0 Å². The van der Waals surface area contributed by atoms with Crippen LogP contribution in [0.5, 0.6) is 5.75 Å². The van der Waals surface area contributed by atoms with Crippen molar-refractivity contribution in [1.82, 2.24) is 14.8 Å². The first-order chi connectivity index (χ1) is 17.1. The molecule has 0 aromatic heterocycles. The normalized spacial score (nSPS) is 22.8. The van der Waals surface area contributed by atoms with E-state index in [1.165, 1.54) is 0 Å². The zero-order valence-electron chi connectivity index (χ0n) is 20.1. The molecular weight excluding hydrogens is 444 g/mol. The Bertz CT molecular complexity index is 1060. The molecule has 0 radical (unpaired) electrons. The summed E-state index contributed by atoms with van der Waals surface area (Å²) in [5, 5.41) is 6.43. The molecule has 3 heterocycles. The van der Waals surface area contributed by atoms with Gasteiger partial charge in [0.05, 0.1) is 25.4 Å². The van der Waals surface area contributed by atoms with Gasteiger partial charge in [0.1, 0.15) is 11.9 Å². The van der Waals surface area contributed by atoms with Gasteiger partial charge in [0, 0.05) is 39.2 Å². The Balaban J connectivity index is 1.26. The maximum Gasteiger partial charge on any atom is 0.257 e. The first kappa shape index (κ1) is 23.5. The van der Waals surface area contributed by atoms with Crippen molar-refractivity contribution >= 4 is 17.5 Å². The number of piperazine rings is 1. The second-order valence-corrected chi connectivity index (χ2v) is 9.25. The molecule has 2 aromatic carbocycles. The number of rotatable bonds is 6. The Kier molecular flexibility index (Phi) is 7.11. The third-order valence-corrected chi connectivity index (χ3v) is 7.02. The van der Waals surface area contributed by atoms with E-state index in [-0.39, 0.29) is 30.5 Å². The van der Waals surface area contributed by atoms with Crippen molar-refractivity contribution < 1.29 is 19.1 Å². The highest BCUT2D eigenvalue weighted by Crippen LogP contribution is 2.33. The Morgan fingerprint density at radius 2 is 1.77 bits per heavy atom. The molecule has 184 valence electrons. The number of carbonyl (C=O) groups is 2. The Morgan fingerprint density at radius 1 is 1.03 bits per heavy atom. The second-order valence-electron chi connectivity index (χ2n) is 9.25. The van der Waals surface area contributed by atoms with E-state index in [0.717, 1.165) is 35.4 Å². The summed E-state index contributed by atoms with van der Waals surface area (Å²) in [6.07, 6.45) is 2.12. The van der Waals surface area contributed by atoms with Crippen LogP contribution in [0.4, 0.5) is 0 Å². The third kappa shape index (κ3) is 5.23. The van der Waals surface area contributed by atoms with Gasteiger partial charge < -0.3 is 14.4 Å². The van der Waals surface area contributed by atoms with Gasteiger partial charge >= 0.3 is 0 Å². The van der Waals surface area contributed by atoms with Crippen LogP contribution in [0.3, 0.4) is 0 Å². The van der Waals surface area contributed by atoms with Gasteiger partial charge in [0.2, 0.25) is 0 Å². The second kappa shape index (κ2) is 10.6. The van der Waals surface area contributed by atoms with Crippen LogP contribution in [-0.4, -0.2) is 84.9 Å². The lowest BCUT2D eigenvalue weighted by Crippen LogP contribution is -2.53. The molecule has 0 unspecified atom stereocenters. The van der Waals surface area contributed by atoms with E-state index >= 15 is 0 Å². The van der Waals surface area contributed by atoms with Crippen LogP contribution in [-0.2, 0) is 14.3 Å². The molecule has 2 atom stereocenters. The summed E-state index contributed by atoms with van der Waals surface area (Å²) in [4.78, 5) is 30.1. The van der Waals surface area contributed by atoms with Crippen LogP contribution in [0.15, 0.2) is 59.7 Å². The number of hydrogen-bond acceptors (Lipinski definition) is 6. The summed E-state index contributed by atoms with van der Waals surface area (Å²) < 4.78 is 10.9. The van der Waals surface area contributed by atoms with Crippen molar-refractivity contribution in [2.45, 2.75) is 31.4 Å². The summed E-state index contributed by atoms with van der Waals surface area (Å²) in [5.74, 6) is 0.838. The fourth-order valence-corrected chi connectivity index (χ4v) is 5.00. The number of carbonyl (C=O) groups excluding carboxylic acids is 2. The van der Waals surface area contributed by atoms with E-state index < -0.39 is 0 Å². The number of hydrazone groups is 1. The molecule has 5 rings (SSSR count). The highest BCUT2D eigenvalue weighted by atomic mass is 16.5. The predicted octanol–water partition coefficient (Wildman–Crippen LogP) is 2.70. The predicted molar refractivity (Wildman–Crippen MR) is 132 cm³/mol. The monoisotopic (exact) mass is 476 g/mol. The molecule has 2 aromatic rings. The SMILES string of the molecule is COc1ccc([C@@H]2CC(c3ccccc3)=NN2C(=O)CN2CCN(C(=O)[C@H]3CCCO3)CC2)cc1. The lowest BCUT2D eigenvalue weighted by molar-refractivity contribution is -0.143. The number of hydrogen-bond donors (Lipinski definition) is 0. The molecule has 0 N–H and O–H groups in total. The van der Waals surface area contributed by atoms with Crippen molar-refractivity contribution in [2.24, 2.45) is 5.10 Å². The quantitative estimate of drug-likeness (QED) is 0.641. The number of ether oxygens (including phenoxy) is 2. The first-order valence-corrected chi connectivity index (χ1v) is 12.3. The van der Waals surface area contributed by atoms with Crippen LogP contribution in [0, 0.1) is 0 Å². The molecule has 3 aliphatic rings. The molecule has 2 saturated heterocycles. The standard InChI is InChI=1S/C27H32N4O4/c1-34-22-11-9-21(10-12-22)24-18-23(20-6-3-2-4-7-20)28-31(24)26(32)19-29-13-15-30(16-14-29)27(33)25-8-5-17-35-25/h2-4,6-7,9-12,24-25H,5,8,13-19H2,1H3/t24-,25+/m0/s1. The zero-order valence-corrected chi connectivity index (χ0v) is 20.1. The smallest absolute Gasteiger partial charge is 0.257 e. The fourth-order valence-electron chi connectivity index (χ4n) is 5.00. The van der Waals surface area contributed by atoms with Crippen molar-refractivity contribution in [3.05, 3.63) is 65.7 Å². The zero-order chi connectivity index (χ0) is 24.2. The van der Waals surface area contributed by atoms with Crippen molar-refractivity contribution in [3.8, 4) is 5.75 Å². The largest absolute Gasteiger partial charge is 0.497 e. The molecule has 35 heavy (non-hydrogen) atoms. The highest BCUT2D eigenvalue weighted by molar-refractivity contribution is 6.03. The maximum absolute atomic E-state index is 13.5. The van der Waals surface area contributed by atoms with Gasteiger partial charge in [-0.3, -0.25) is 14.5 Å². The average Bonchev–Trinajstić information content (AvgIpc) is 3.60. The van der Waals surface area contributed by atoms with Crippen LogP contribution in [0.1, 0.15) is 36.4 Å². The molecule has 0 saturated carbocycles. The van der Waals surface area contributed by atoms with Gasteiger partial charge in [-0.05, 0) is 36.1 Å². The summed E-state index contributed by atoms with van der Waals surface area (Å²) in [7, 11) is 1.64. The molecule has 3 aliphatic heterocycles. The minimum atomic E-state index is -0.288.